The highest BCUT2D eigenvalue weighted by atomic mass is 32.3. The Morgan fingerprint density at radius 3 is 2.20 bits per heavy atom. The largest absolute Gasteiger partial charge is 0.397 e. The second-order valence-corrected chi connectivity index (χ2v) is 17.1. The maximum absolute atomic E-state index is 12.6. The molecule has 262 valence electrons. The fraction of sp³-hybridized carbons (Fsp3) is 1.00. The summed E-state index contributed by atoms with van der Waals surface area (Å²) in [5.41, 5.74) is -2.13. The monoisotopic (exact) mass is 664 g/mol. The number of hydrogen-bond donors (Lipinski definition) is 7. The molecule has 5 fully saturated rings. The summed E-state index contributed by atoms with van der Waals surface area (Å²) in [6.07, 6.45) is -2.73. The fourth-order valence-electron chi connectivity index (χ4n) is 10.9. The maximum atomic E-state index is 12.6. The van der Waals surface area contributed by atoms with Crippen molar-refractivity contribution in [2.24, 2.45) is 46.3 Å². The Labute approximate surface area is 267 Å². The molecule has 5 rings (SSSR count). The van der Waals surface area contributed by atoms with Crippen molar-refractivity contribution >= 4 is 10.4 Å². The van der Waals surface area contributed by atoms with E-state index in [4.69, 9.17) is 13.7 Å². The normalized spacial score (nSPS) is 50.0. The fourth-order valence-corrected chi connectivity index (χ4v) is 11.4. The topological polar surface area (TPSA) is 203 Å². The summed E-state index contributed by atoms with van der Waals surface area (Å²) in [5.74, 6) is -0.516. The molecule has 5 aliphatic rings. The van der Waals surface area contributed by atoms with Crippen molar-refractivity contribution < 1.29 is 57.3 Å². The minimum atomic E-state index is -4.61. The van der Waals surface area contributed by atoms with E-state index in [1.807, 2.05) is 13.8 Å². The predicted molar refractivity (Wildman–Crippen MR) is 162 cm³/mol. The molecule has 0 aromatic heterocycles. The highest BCUT2D eigenvalue weighted by Crippen LogP contribution is 2.70. The van der Waals surface area contributed by atoms with Gasteiger partial charge in [0.2, 0.25) is 0 Å². The first kappa shape index (κ1) is 35.8. The Kier molecular flexibility index (Phi) is 10.2. The van der Waals surface area contributed by atoms with Gasteiger partial charge in [0.15, 0.2) is 6.29 Å². The third-order valence-electron chi connectivity index (χ3n) is 13.1. The van der Waals surface area contributed by atoms with E-state index in [1.165, 1.54) is 0 Å². The number of fused-ring (bicyclic) bond motifs is 5. The van der Waals surface area contributed by atoms with Gasteiger partial charge in [-0.1, -0.05) is 34.6 Å². The van der Waals surface area contributed by atoms with Crippen molar-refractivity contribution in [2.75, 3.05) is 6.61 Å². The summed E-state index contributed by atoms with van der Waals surface area (Å²) in [6, 6.07) is 0. The lowest BCUT2D eigenvalue weighted by Gasteiger charge is -2.66. The highest BCUT2D eigenvalue weighted by Gasteiger charge is 2.70. The second kappa shape index (κ2) is 12.8. The first-order chi connectivity index (χ1) is 20.8. The van der Waals surface area contributed by atoms with Crippen LogP contribution in [0.2, 0.25) is 0 Å². The van der Waals surface area contributed by atoms with E-state index in [2.05, 4.69) is 20.8 Å². The maximum Gasteiger partial charge on any atom is 0.397 e. The Balaban J connectivity index is 1.29. The van der Waals surface area contributed by atoms with Crippen LogP contribution in [-0.4, -0.2) is 105 Å². The zero-order valence-corrected chi connectivity index (χ0v) is 28.1. The molecular weight excluding hydrogens is 608 g/mol. The van der Waals surface area contributed by atoms with Gasteiger partial charge in [0.25, 0.3) is 0 Å². The van der Waals surface area contributed by atoms with Crippen molar-refractivity contribution in [1.82, 2.24) is 0 Å². The van der Waals surface area contributed by atoms with E-state index in [-0.39, 0.29) is 60.6 Å². The van der Waals surface area contributed by atoms with Crippen molar-refractivity contribution in [3.63, 3.8) is 0 Å². The molecule has 0 radical (unpaired) electrons. The van der Waals surface area contributed by atoms with Crippen LogP contribution in [0.3, 0.4) is 0 Å². The molecule has 16 atom stereocenters. The van der Waals surface area contributed by atoms with E-state index in [0.717, 1.165) is 19.3 Å². The number of ether oxygens (including phenoxy) is 2. The molecule has 1 aliphatic heterocycles. The van der Waals surface area contributed by atoms with Crippen LogP contribution in [0.15, 0.2) is 0 Å². The number of aliphatic hydroxyl groups excluding tert-OH is 5. The van der Waals surface area contributed by atoms with Gasteiger partial charge in [-0.3, -0.25) is 4.55 Å². The van der Waals surface area contributed by atoms with Crippen LogP contribution < -0.4 is 0 Å². The molecule has 0 amide bonds. The lowest BCUT2D eigenvalue weighted by molar-refractivity contribution is -0.287. The van der Waals surface area contributed by atoms with E-state index < -0.39 is 70.2 Å². The van der Waals surface area contributed by atoms with Gasteiger partial charge in [-0.25, -0.2) is 4.18 Å². The average molecular weight is 665 g/mol. The number of aliphatic hydroxyl groups is 6. The third kappa shape index (κ3) is 6.50. The second-order valence-electron chi connectivity index (χ2n) is 16.0. The summed E-state index contributed by atoms with van der Waals surface area (Å²) in [5, 5.41) is 66.0. The molecule has 0 bridgehead atoms. The van der Waals surface area contributed by atoms with Gasteiger partial charge in [-0.15, -0.1) is 0 Å². The quantitative estimate of drug-likeness (QED) is 0.176. The number of hydrogen-bond acceptors (Lipinski definition) is 11. The molecule has 4 saturated carbocycles. The van der Waals surface area contributed by atoms with Crippen molar-refractivity contribution in [1.29, 1.82) is 0 Å². The van der Waals surface area contributed by atoms with Crippen molar-refractivity contribution in [2.45, 2.75) is 147 Å². The summed E-state index contributed by atoms with van der Waals surface area (Å²) in [6.45, 7) is 10.3. The van der Waals surface area contributed by atoms with Crippen LogP contribution in [-0.2, 0) is 24.1 Å². The standard InChI is InChI=1S/C32H56O12S/c1-16(2)24(43-29-27(37)26(36)23(35)15-42-29)7-6-17(3)19-13-21(33)28-31(19,5)11-9-25-30(4)10-8-18(44-45(39,40)41)12-20(30)22(34)14-32(25,28)38/h16-29,33-38H,6-15H2,1-5H3,(H,39,40,41)/t17-,18+,19-,20-,21-,22+,23-,24+,25-,26+,27-,28-,29+,30+,31-,32+/m1/s1. The Morgan fingerprint density at radius 1 is 0.889 bits per heavy atom. The predicted octanol–water partition coefficient (Wildman–Crippen LogP) is 1.79. The first-order valence-electron chi connectivity index (χ1n) is 16.9. The van der Waals surface area contributed by atoms with Crippen LogP contribution in [0, 0.1) is 46.3 Å². The molecule has 0 aromatic rings. The van der Waals surface area contributed by atoms with Gasteiger partial charge in [0.05, 0.1) is 36.6 Å². The number of rotatable bonds is 9. The van der Waals surface area contributed by atoms with Gasteiger partial charge in [-0.2, -0.15) is 8.42 Å². The van der Waals surface area contributed by atoms with Gasteiger partial charge in [0, 0.05) is 12.3 Å². The molecule has 1 saturated heterocycles. The first-order valence-corrected chi connectivity index (χ1v) is 18.2. The molecule has 0 spiro atoms. The van der Waals surface area contributed by atoms with E-state index in [0.29, 0.717) is 25.7 Å². The lowest BCUT2D eigenvalue weighted by atomic mass is 9.42. The van der Waals surface area contributed by atoms with E-state index in [1.54, 1.807) is 0 Å². The van der Waals surface area contributed by atoms with E-state index >= 15 is 0 Å². The average Bonchev–Trinajstić information content (AvgIpc) is 3.21. The van der Waals surface area contributed by atoms with Crippen LogP contribution in [0.1, 0.15) is 92.4 Å². The van der Waals surface area contributed by atoms with Gasteiger partial charge in [0.1, 0.15) is 18.3 Å². The van der Waals surface area contributed by atoms with Gasteiger partial charge < -0.3 is 40.1 Å². The SMILES string of the molecule is CC(C)[C@H](CC[C@@H](C)[C@H]1C[C@@H](O)[C@@H]2[C@]1(C)CC[C@@H]1[C@@]3(C)CC[C@H](OS(=O)(=O)O)C[C@@H]3[C@@H](O)C[C@]12O)O[C@@H]1OC[C@@H](O)[C@H](O)[C@H]1O. The van der Waals surface area contributed by atoms with Crippen LogP contribution in [0.4, 0.5) is 0 Å². The Hall–Kier alpha value is -0.450. The zero-order chi connectivity index (χ0) is 33.3. The van der Waals surface area contributed by atoms with Crippen molar-refractivity contribution in [3.8, 4) is 0 Å². The summed E-state index contributed by atoms with van der Waals surface area (Å²) < 4.78 is 48.5. The van der Waals surface area contributed by atoms with Gasteiger partial charge >= 0.3 is 10.4 Å². The zero-order valence-electron chi connectivity index (χ0n) is 27.2. The molecule has 7 N–H and O–H groups in total. The minimum absolute atomic E-state index is 0.0982. The molecular formula is C32H56O12S. The Bertz CT molecular complexity index is 1150. The smallest absolute Gasteiger partial charge is 0.393 e. The van der Waals surface area contributed by atoms with Crippen LogP contribution >= 0.6 is 0 Å². The Morgan fingerprint density at radius 2 is 1.56 bits per heavy atom. The molecule has 45 heavy (non-hydrogen) atoms. The molecule has 13 heteroatoms. The molecule has 12 nitrogen and oxygen atoms in total. The van der Waals surface area contributed by atoms with Gasteiger partial charge in [-0.05, 0) is 91.8 Å². The molecule has 1 heterocycles. The molecule has 0 unspecified atom stereocenters. The van der Waals surface area contributed by atoms with Crippen molar-refractivity contribution in [3.05, 3.63) is 0 Å². The summed E-state index contributed by atoms with van der Waals surface area (Å²) >= 11 is 0. The van der Waals surface area contributed by atoms with Crippen LogP contribution in [0.5, 0.6) is 0 Å². The lowest BCUT2D eigenvalue weighted by Crippen LogP contribution is -2.68. The highest BCUT2D eigenvalue weighted by molar-refractivity contribution is 7.80. The van der Waals surface area contributed by atoms with Crippen LogP contribution in [0.25, 0.3) is 0 Å². The minimum Gasteiger partial charge on any atom is -0.393 e. The molecule has 4 aliphatic carbocycles. The summed E-state index contributed by atoms with van der Waals surface area (Å²) in [4.78, 5) is 0. The molecule has 0 aromatic carbocycles. The third-order valence-corrected chi connectivity index (χ3v) is 13.6. The summed E-state index contributed by atoms with van der Waals surface area (Å²) in [7, 11) is -4.61. The van der Waals surface area contributed by atoms with E-state index in [9.17, 15) is 43.6 Å².